The van der Waals surface area contributed by atoms with E-state index in [9.17, 15) is 0 Å². The Bertz CT molecular complexity index is 519. The summed E-state index contributed by atoms with van der Waals surface area (Å²) in [6, 6.07) is 10.5. The molecule has 4 heteroatoms. The summed E-state index contributed by atoms with van der Waals surface area (Å²) in [5.74, 6) is 1.09. The molecule has 0 aliphatic carbocycles. The number of anilines is 1. The van der Waals surface area contributed by atoms with Gasteiger partial charge >= 0.3 is 0 Å². The first kappa shape index (κ1) is 12.1. The lowest BCUT2D eigenvalue weighted by Gasteiger charge is -2.38. The topological polar surface area (TPSA) is 24.3 Å². The van der Waals surface area contributed by atoms with Gasteiger partial charge in [-0.15, -0.1) is 0 Å². The monoisotopic (exact) mass is 256 g/mol. The van der Waals surface area contributed by atoms with Gasteiger partial charge in [-0.1, -0.05) is 6.07 Å². The molecule has 100 valence electrons. The van der Waals surface area contributed by atoms with Gasteiger partial charge in [-0.05, 0) is 38.1 Å². The van der Waals surface area contributed by atoms with Crippen molar-refractivity contribution in [2.45, 2.75) is 13.8 Å². The van der Waals surface area contributed by atoms with E-state index in [4.69, 9.17) is 0 Å². The van der Waals surface area contributed by atoms with Crippen LogP contribution in [0.5, 0.6) is 0 Å². The molecule has 0 spiro atoms. The largest absolute Gasteiger partial charge is 0.353 e. The zero-order chi connectivity index (χ0) is 13.2. The maximum absolute atomic E-state index is 4.43. The summed E-state index contributed by atoms with van der Waals surface area (Å²) >= 11 is 0. The molecule has 2 aromatic heterocycles. The van der Waals surface area contributed by atoms with Crippen LogP contribution >= 0.6 is 0 Å². The third-order valence-electron chi connectivity index (χ3n) is 3.75. The van der Waals surface area contributed by atoms with Crippen LogP contribution in [-0.4, -0.2) is 35.8 Å². The number of rotatable bonds is 2. The summed E-state index contributed by atoms with van der Waals surface area (Å²) < 4.78 is 2.33. The Labute approximate surface area is 114 Å². The number of pyridine rings is 1. The van der Waals surface area contributed by atoms with Crippen molar-refractivity contribution in [2.75, 3.05) is 36.1 Å². The predicted octanol–water partition coefficient (Wildman–Crippen LogP) is 1.96. The minimum absolute atomic E-state index is 1.02. The van der Waals surface area contributed by atoms with Crippen LogP contribution < -0.4 is 9.91 Å². The maximum atomic E-state index is 4.43. The van der Waals surface area contributed by atoms with Gasteiger partial charge in [0.1, 0.15) is 5.82 Å². The predicted molar refractivity (Wildman–Crippen MR) is 78.3 cm³/mol. The molecular weight excluding hydrogens is 236 g/mol. The van der Waals surface area contributed by atoms with Crippen LogP contribution in [-0.2, 0) is 0 Å². The van der Waals surface area contributed by atoms with Gasteiger partial charge in [0.05, 0.1) is 13.1 Å². The van der Waals surface area contributed by atoms with E-state index in [0.29, 0.717) is 0 Å². The average molecular weight is 256 g/mol. The SMILES string of the molecule is Cc1ccc(C)n1N1CCN(c2ccccn2)CC1. The van der Waals surface area contributed by atoms with Gasteiger partial charge in [0.25, 0.3) is 0 Å². The standard InChI is InChI=1S/C15H20N4/c1-13-6-7-14(2)19(13)18-11-9-17(10-12-18)15-5-3-4-8-16-15/h3-8H,9-12H2,1-2H3. The fraction of sp³-hybridized carbons (Fsp3) is 0.400. The summed E-state index contributed by atoms with van der Waals surface area (Å²) in [7, 11) is 0. The van der Waals surface area contributed by atoms with Crippen LogP contribution in [0.15, 0.2) is 36.5 Å². The fourth-order valence-electron chi connectivity index (χ4n) is 2.77. The van der Waals surface area contributed by atoms with Gasteiger partial charge in [0, 0.05) is 30.7 Å². The highest BCUT2D eigenvalue weighted by atomic mass is 15.6. The minimum atomic E-state index is 1.02. The van der Waals surface area contributed by atoms with Crippen LogP contribution in [0.1, 0.15) is 11.4 Å². The molecule has 3 heterocycles. The Kier molecular flexibility index (Phi) is 3.15. The van der Waals surface area contributed by atoms with Gasteiger partial charge in [-0.2, -0.15) is 0 Å². The quantitative estimate of drug-likeness (QED) is 0.821. The highest BCUT2D eigenvalue weighted by molar-refractivity contribution is 5.39. The Morgan fingerprint density at radius 3 is 2.16 bits per heavy atom. The zero-order valence-corrected chi connectivity index (χ0v) is 11.6. The molecule has 0 radical (unpaired) electrons. The van der Waals surface area contributed by atoms with Crippen LogP contribution in [0.4, 0.5) is 5.82 Å². The van der Waals surface area contributed by atoms with Gasteiger partial charge in [-0.3, -0.25) is 4.68 Å². The second kappa shape index (κ2) is 4.96. The Morgan fingerprint density at radius 1 is 0.895 bits per heavy atom. The highest BCUT2D eigenvalue weighted by Gasteiger charge is 2.19. The van der Waals surface area contributed by atoms with E-state index >= 15 is 0 Å². The van der Waals surface area contributed by atoms with Crippen molar-refractivity contribution in [3.05, 3.63) is 47.9 Å². The number of hydrogen-bond acceptors (Lipinski definition) is 3. The number of nitrogens with zero attached hydrogens (tertiary/aromatic N) is 4. The van der Waals surface area contributed by atoms with E-state index in [0.717, 1.165) is 32.0 Å². The second-order valence-electron chi connectivity index (χ2n) is 5.06. The summed E-state index contributed by atoms with van der Waals surface area (Å²) in [6.45, 7) is 8.44. The van der Waals surface area contributed by atoms with Crippen molar-refractivity contribution < 1.29 is 0 Å². The van der Waals surface area contributed by atoms with Crippen LogP contribution in [0.3, 0.4) is 0 Å². The van der Waals surface area contributed by atoms with Crippen molar-refractivity contribution in [3.8, 4) is 0 Å². The zero-order valence-electron chi connectivity index (χ0n) is 11.6. The van der Waals surface area contributed by atoms with Crippen molar-refractivity contribution >= 4 is 5.82 Å². The molecule has 1 aliphatic rings. The van der Waals surface area contributed by atoms with Crippen molar-refractivity contribution in [1.29, 1.82) is 0 Å². The molecule has 0 amide bonds. The van der Waals surface area contributed by atoms with Crippen LogP contribution in [0.2, 0.25) is 0 Å². The van der Waals surface area contributed by atoms with Gasteiger partial charge in [-0.25, -0.2) is 4.98 Å². The fourth-order valence-corrected chi connectivity index (χ4v) is 2.77. The van der Waals surface area contributed by atoms with Gasteiger partial charge in [0.15, 0.2) is 0 Å². The first-order valence-electron chi connectivity index (χ1n) is 6.82. The molecule has 0 N–H and O–H groups in total. The lowest BCUT2D eigenvalue weighted by molar-refractivity contribution is 0.513. The molecule has 0 unspecified atom stereocenters. The van der Waals surface area contributed by atoms with Crippen molar-refractivity contribution in [1.82, 2.24) is 9.66 Å². The molecule has 0 aromatic carbocycles. The number of piperazine rings is 1. The lowest BCUT2D eigenvalue weighted by atomic mass is 10.3. The van der Waals surface area contributed by atoms with Gasteiger partial charge in [0.2, 0.25) is 0 Å². The first-order valence-corrected chi connectivity index (χ1v) is 6.82. The first-order chi connectivity index (χ1) is 9.25. The van der Waals surface area contributed by atoms with E-state index in [1.165, 1.54) is 11.4 Å². The van der Waals surface area contributed by atoms with Crippen molar-refractivity contribution in [3.63, 3.8) is 0 Å². The lowest BCUT2D eigenvalue weighted by Crippen LogP contribution is -2.52. The average Bonchev–Trinajstić information content (AvgIpc) is 2.79. The van der Waals surface area contributed by atoms with Crippen LogP contribution in [0, 0.1) is 13.8 Å². The summed E-state index contributed by atoms with van der Waals surface area (Å²) in [5, 5.41) is 2.42. The maximum Gasteiger partial charge on any atom is 0.128 e. The smallest absolute Gasteiger partial charge is 0.128 e. The molecule has 4 nitrogen and oxygen atoms in total. The van der Waals surface area contributed by atoms with E-state index in [1.807, 2.05) is 12.3 Å². The summed E-state index contributed by atoms with van der Waals surface area (Å²) in [6.07, 6.45) is 1.86. The number of hydrogen-bond donors (Lipinski definition) is 0. The van der Waals surface area contributed by atoms with Crippen molar-refractivity contribution in [2.24, 2.45) is 0 Å². The van der Waals surface area contributed by atoms with E-state index < -0.39 is 0 Å². The molecular formula is C15H20N4. The summed E-state index contributed by atoms with van der Waals surface area (Å²) in [5.41, 5.74) is 2.62. The van der Waals surface area contributed by atoms with E-state index in [1.54, 1.807) is 0 Å². The Balaban J connectivity index is 1.70. The minimum Gasteiger partial charge on any atom is -0.353 e. The Hall–Kier alpha value is -1.97. The molecule has 2 aromatic rings. The highest BCUT2D eigenvalue weighted by Crippen LogP contribution is 2.14. The number of aryl methyl sites for hydroxylation is 2. The summed E-state index contributed by atoms with van der Waals surface area (Å²) in [4.78, 5) is 6.78. The Morgan fingerprint density at radius 2 is 1.58 bits per heavy atom. The molecule has 3 rings (SSSR count). The molecule has 1 aliphatic heterocycles. The molecule has 0 atom stereocenters. The van der Waals surface area contributed by atoms with Gasteiger partial charge < -0.3 is 9.91 Å². The normalized spacial score (nSPS) is 15.9. The van der Waals surface area contributed by atoms with Crippen LogP contribution in [0.25, 0.3) is 0 Å². The third kappa shape index (κ3) is 2.30. The van der Waals surface area contributed by atoms with E-state index in [2.05, 4.69) is 57.7 Å². The molecule has 19 heavy (non-hydrogen) atoms. The second-order valence-corrected chi connectivity index (χ2v) is 5.06. The molecule has 1 saturated heterocycles. The molecule has 0 saturated carbocycles. The molecule has 1 fully saturated rings. The number of aromatic nitrogens is 2. The molecule has 0 bridgehead atoms. The third-order valence-corrected chi connectivity index (χ3v) is 3.75. The van der Waals surface area contributed by atoms with E-state index in [-0.39, 0.29) is 0 Å².